The molecule has 7 heterocycles. The number of methoxy groups -OCH3 is 2. The highest BCUT2D eigenvalue weighted by molar-refractivity contribution is 7.99. The van der Waals surface area contributed by atoms with E-state index in [0.29, 0.717) is 84.0 Å². The molecule has 0 amide bonds. The lowest BCUT2D eigenvalue weighted by Gasteiger charge is -2.62. The molecule has 15 heteroatoms. The van der Waals surface area contributed by atoms with E-state index in [1.54, 1.807) is 26.0 Å². The number of ether oxygens (including phenoxy) is 8. The molecule has 7 atom stereocenters. The number of piperazine rings is 1. The third-order valence-electron chi connectivity index (χ3n) is 13.1. The lowest BCUT2D eigenvalue weighted by Crippen LogP contribution is -2.70. The van der Waals surface area contributed by atoms with E-state index in [9.17, 15) is 9.90 Å². The van der Waals surface area contributed by atoms with Gasteiger partial charge in [0.1, 0.15) is 18.6 Å². The van der Waals surface area contributed by atoms with Gasteiger partial charge in [-0.25, -0.2) is 4.79 Å². The molecule has 0 aromatic heterocycles. The Morgan fingerprint density at radius 1 is 0.950 bits per heavy atom. The molecule has 1 spiro atoms. The minimum Gasteiger partial charge on any atom is -0.493 e. The van der Waals surface area contributed by atoms with Gasteiger partial charge in [0.2, 0.25) is 6.79 Å². The maximum atomic E-state index is 15.0. The molecule has 4 bridgehead atoms. The highest BCUT2D eigenvalue weighted by Crippen LogP contribution is 2.64. The number of carbonyl (C=O) groups excluding carboxylic acids is 2. The standard InChI is InChI=1S/C45H55N3O11S/c1-9-13-54-31-17-25-11-12-46-45(27(25)18-30(31)52-7)20-60-42-34-33(41-39(57-21-58-41)23(4)38(34)59-24(5)49)29(19-56-44(45)51)48-36(42)35-32-26(16-28(43(48)50)47(35)6)15-22(3)37(53-8)40(32)55-14-10-2/h15,17-18,28-29,35-36,42-43,46,50H,9-14,16,19-21H2,1-8H3/t28-,29-,35+,36?,42+,43-,45+/m0/s1. The number of nitrogens with zero attached hydrogens (tertiary/aromatic N) is 2. The molecule has 3 aromatic carbocycles. The second kappa shape index (κ2) is 15.8. The summed E-state index contributed by atoms with van der Waals surface area (Å²) in [5.41, 5.74) is 5.58. The summed E-state index contributed by atoms with van der Waals surface area (Å²) >= 11 is 1.57. The quantitative estimate of drug-likeness (QED) is 0.204. The van der Waals surface area contributed by atoms with Crippen molar-refractivity contribution in [2.45, 2.75) is 101 Å². The lowest BCUT2D eigenvalue weighted by atomic mass is 9.73. The molecule has 7 aliphatic heterocycles. The average Bonchev–Trinajstić information content (AvgIpc) is 3.73. The molecular weight excluding hydrogens is 791 g/mol. The van der Waals surface area contributed by atoms with Gasteiger partial charge < -0.3 is 43.0 Å². The number of likely N-dealkylation sites (N-methyl/N-ethyl adjacent to an activating group) is 1. The number of rotatable bonds is 9. The van der Waals surface area contributed by atoms with Crippen LogP contribution in [-0.2, 0) is 32.7 Å². The van der Waals surface area contributed by atoms with E-state index in [0.717, 1.165) is 46.2 Å². The normalized spacial score (nSPS) is 27.6. The first-order valence-electron chi connectivity index (χ1n) is 21.0. The molecule has 0 aliphatic carbocycles. The van der Waals surface area contributed by atoms with E-state index in [1.807, 2.05) is 26.0 Å². The van der Waals surface area contributed by atoms with E-state index in [-0.39, 0.29) is 31.2 Å². The van der Waals surface area contributed by atoms with Crippen LogP contribution in [0.15, 0.2) is 18.2 Å². The number of esters is 2. The van der Waals surface area contributed by atoms with Crippen LogP contribution in [0.25, 0.3) is 0 Å². The van der Waals surface area contributed by atoms with Gasteiger partial charge in [0, 0.05) is 47.5 Å². The van der Waals surface area contributed by atoms with Crippen LogP contribution in [0.1, 0.15) is 95.5 Å². The first kappa shape index (κ1) is 41.0. The number of hydrogen-bond acceptors (Lipinski definition) is 15. The number of aliphatic hydroxyl groups is 1. The van der Waals surface area contributed by atoms with Crippen molar-refractivity contribution >= 4 is 23.7 Å². The second-order valence-electron chi connectivity index (χ2n) is 16.6. The summed E-state index contributed by atoms with van der Waals surface area (Å²) in [7, 11) is 5.34. The number of carbonyl (C=O) groups is 2. The molecular formula is C45H55N3O11S. The van der Waals surface area contributed by atoms with Crippen LogP contribution in [0.4, 0.5) is 0 Å². The fourth-order valence-electron chi connectivity index (χ4n) is 10.6. The minimum atomic E-state index is -1.29. The summed E-state index contributed by atoms with van der Waals surface area (Å²) in [6.45, 7) is 10.8. The molecule has 2 N–H and O–H groups in total. The average molecular weight is 846 g/mol. The van der Waals surface area contributed by atoms with E-state index in [4.69, 9.17) is 37.9 Å². The number of aliphatic hydroxyl groups excluding tert-OH is 1. The van der Waals surface area contributed by atoms with Gasteiger partial charge in [-0.2, -0.15) is 0 Å². The van der Waals surface area contributed by atoms with Crippen molar-refractivity contribution in [1.82, 2.24) is 15.1 Å². The molecule has 2 saturated heterocycles. The number of nitrogens with one attached hydrogen (secondary N) is 1. The van der Waals surface area contributed by atoms with Gasteiger partial charge in [-0.05, 0) is 81.0 Å². The Bertz CT molecular complexity index is 2230. The minimum absolute atomic E-state index is 0.0311. The van der Waals surface area contributed by atoms with Gasteiger partial charge in [-0.3, -0.25) is 19.9 Å². The Kier molecular flexibility index (Phi) is 10.8. The van der Waals surface area contributed by atoms with Crippen molar-refractivity contribution in [2.75, 3.05) is 60.2 Å². The predicted molar refractivity (Wildman–Crippen MR) is 223 cm³/mol. The Hall–Kier alpha value is -4.41. The summed E-state index contributed by atoms with van der Waals surface area (Å²) < 4.78 is 49.9. The Labute approximate surface area is 355 Å². The first-order valence-corrected chi connectivity index (χ1v) is 22.1. The van der Waals surface area contributed by atoms with Crippen LogP contribution >= 0.6 is 11.8 Å². The monoisotopic (exact) mass is 845 g/mol. The van der Waals surface area contributed by atoms with Gasteiger partial charge >= 0.3 is 11.9 Å². The largest absolute Gasteiger partial charge is 0.493 e. The summed E-state index contributed by atoms with van der Waals surface area (Å²) in [5, 5.41) is 15.9. The zero-order chi connectivity index (χ0) is 42.2. The van der Waals surface area contributed by atoms with Crippen molar-refractivity contribution < 1.29 is 52.6 Å². The smallest absolute Gasteiger partial charge is 0.331 e. The number of aryl methyl sites for hydroxylation is 1. The SMILES string of the molecule is CCCOc1cc2c(cc1OC)[C@@]1(CS[C@@H]3c4c(OC(C)=O)c(C)c5c(c4[C@H](COC1=O)N1C3[C@H]3c4c(cc(C)c(OC)c4OCCC)C[C@@H]([C@@H]1O)N3C)OCO5)NCC2. The number of benzene rings is 3. The Morgan fingerprint density at radius 2 is 1.72 bits per heavy atom. The number of hydrogen-bond donors (Lipinski definition) is 2. The topological polar surface area (TPSA) is 147 Å². The van der Waals surface area contributed by atoms with Crippen LogP contribution in [-0.4, -0.2) is 105 Å². The van der Waals surface area contributed by atoms with Crippen molar-refractivity contribution in [1.29, 1.82) is 0 Å². The summed E-state index contributed by atoms with van der Waals surface area (Å²) in [4.78, 5) is 32.5. The van der Waals surface area contributed by atoms with Crippen LogP contribution in [0.5, 0.6) is 40.2 Å². The van der Waals surface area contributed by atoms with Crippen LogP contribution in [0, 0.1) is 13.8 Å². The fourth-order valence-corrected chi connectivity index (χ4v) is 12.3. The Morgan fingerprint density at radius 3 is 2.45 bits per heavy atom. The van der Waals surface area contributed by atoms with Gasteiger partial charge in [0.15, 0.2) is 40.0 Å². The Balaban J connectivity index is 1.30. The van der Waals surface area contributed by atoms with Crippen LogP contribution in [0.3, 0.4) is 0 Å². The van der Waals surface area contributed by atoms with Crippen molar-refractivity contribution in [2.24, 2.45) is 0 Å². The van der Waals surface area contributed by atoms with E-state index in [1.165, 1.54) is 6.92 Å². The molecule has 2 fully saturated rings. The lowest BCUT2D eigenvalue weighted by molar-refractivity contribution is -0.186. The summed E-state index contributed by atoms with van der Waals surface area (Å²) in [6.07, 6.45) is 1.87. The number of thioether (sulfide) groups is 1. The third-order valence-corrected chi connectivity index (χ3v) is 14.6. The summed E-state index contributed by atoms with van der Waals surface area (Å²) in [5.74, 6) is 3.21. The highest BCUT2D eigenvalue weighted by Gasteiger charge is 2.61. The van der Waals surface area contributed by atoms with Gasteiger partial charge in [0.05, 0.1) is 50.8 Å². The maximum Gasteiger partial charge on any atom is 0.331 e. The third kappa shape index (κ3) is 6.12. The van der Waals surface area contributed by atoms with Crippen LogP contribution < -0.4 is 38.5 Å². The first-order chi connectivity index (χ1) is 29.0. The van der Waals surface area contributed by atoms with Gasteiger partial charge in [-0.1, -0.05) is 19.9 Å². The fraction of sp³-hybridized carbons (Fsp3) is 0.556. The predicted octanol–water partition coefficient (Wildman–Crippen LogP) is 5.58. The maximum absolute atomic E-state index is 15.0. The molecule has 60 heavy (non-hydrogen) atoms. The second-order valence-corrected chi connectivity index (χ2v) is 17.7. The molecule has 0 radical (unpaired) electrons. The van der Waals surface area contributed by atoms with Crippen molar-refractivity contribution in [3.8, 4) is 40.2 Å². The molecule has 322 valence electrons. The van der Waals surface area contributed by atoms with Gasteiger partial charge in [0.25, 0.3) is 0 Å². The van der Waals surface area contributed by atoms with E-state index < -0.39 is 41.0 Å². The van der Waals surface area contributed by atoms with Crippen molar-refractivity contribution in [3.05, 3.63) is 62.7 Å². The number of fused-ring (bicyclic) bond motifs is 9. The van der Waals surface area contributed by atoms with Crippen molar-refractivity contribution in [3.63, 3.8) is 0 Å². The zero-order valence-corrected chi connectivity index (χ0v) is 36.4. The zero-order valence-electron chi connectivity index (χ0n) is 35.6. The summed E-state index contributed by atoms with van der Waals surface area (Å²) in [6, 6.07) is 4.21. The van der Waals surface area contributed by atoms with E-state index >= 15 is 4.79 Å². The van der Waals surface area contributed by atoms with Gasteiger partial charge in [-0.15, -0.1) is 11.8 Å². The molecule has 3 aromatic rings. The molecule has 14 nitrogen and oxygen atoms in total. The molecule has 7 aliphatic rings. The van der Waals surface area contributed by atoms with Crippen LogP contribution in [0.2, 0.25) is 0 Å². The molecule has 1 unspecified atom stereocenters. The molecule has 10 rings (SSSR count). The highest BCUT2D eigenvalue weighted by atomic mass is 32.2. The van der Waals surface area contributed by atoms with E-state index in [2.05, 4.69) is 42.1 Å². The molecule has 0 saturated carbocycles.